The van der Waals surface area contributed by atoms with Gasteiger partial charge in [-0.25, -0.2) is 0 Å². The number of allylic oxidation sites excluding steroid dienone is 2. The second-order valence-electron chi connectivity index (χ2n) is 22.4. The van der Waals surface area contributed by atoms with Crippen LogP contribution in [0, 0.1) is 50.2 Å². The van der Waals surface area contributed by atoms with Crippen LogP contribution in [0.5, 0.6) is 0 Å². The molecule has 0 bridgehead atoms. The van der Waals surface area contributed by atoms with Crippen molar-refractivity contribution in [2.45, 2.75) is 152 Å². The predicted molar refractivity (Wildman–Crippen MR) is 259 cm³/mol. The fourth-order valence-corrected chi connectivity index (χ4v) is 16.1. The number of anilines is 1. The maximum absolute atomic E-state index is 14.9. The molecule has 0 radical (unpaired) electrons. The first-order valence-corrected chi connectivity index (χ1v) is 26.5. The van der Waals surface area contributed by atoms with Crippen LogP contribution in [0.15, 0.2) is 66.2 Å². The molecule has 0 aromatic heterocycles. The molecule has 4 saturated carbocycles. The van der Waals surface area contributed by atoms with E-state index >= 15 is 0 Å². The Morgan fingerprint density at radius 2 is 1.45 bits per heavy atom. The Morgan fingerprint density at radius 1 is 0.803 bits per heavy atom. The number of fused-ring (bicyclic) bond motifs is 7. The van der Waals surface area contributed by atoms with Gasteiger partial charge in [-0.15, -0.1) is 0 Å². The first kappa shape index (κ1) is 50.1. The summed E-state index contributed by atoms with van der Waals surface area (Å²) in [5, 5.41) is 9.60. The zero-order valence-electron chi connectivity index (χ0n) is 41.5. The van der Waals surface area contributed by atoms with Crippen LogP contribution < -0.4 is 16.0 Å². The first-order chi connectivity index (χ1) is 31.1. The van der Waals surface area contributed by atoms with Crippen molar-refractivity contribution in [2.75, 3.05) is 31.6 Å². The maximum atomic E-state index is 14.9. The van der Waals surface area contributed by atoms with Gasteiger partial charge in [0.15, 0.2) is 11.6 Å². The Bertz CT molecular complexity index is 2200. The summed E-state index contributed by atoms with van der Waals surface area (Å²) >= 11 is 0. The monoisotopic (exact) mass is 928 g/mol. The summed E-state index contributed by atoms with van der Waals surface area (Å²) < 4.78 is 31.2. The van der Waals surface area contributed by atoms with E-state index in [9.17, 15) is 23.7 Å². The molecular formula is C54H78N3O8P. The Balaban J connectivity index is 0.940. The van der Waals surface area contributed by atoms with Crippen molar-refractivity contribution in [3.05, 3.63) is 77.4 Å². The molecule has 2 aromatic rings. The molecule has 5 aliphatic rings. The van der Waals surface area contributed by atoms with E-state index < -0.39 is 18.8 Å². The highest BCUT2D eigenvalue weighted by molar-refractivity contribution is 7.54. The molecule has 2 amide bonds. The number of ketones is 1. The van der Waals surface area contributed by atoms with Gasteiger partial charge in [-0.1, -0.05) is 96.5 Å². The fraction of sp³-hybridized carbons (Fsp3) is 0.667. The zero-order chi connectivity index (χ0) is 47.9. The molecule has 0 saturated heterocycles. The minimum Gasteiger partial charge on any atom is -0.462 e. The highest BCUT2D eigenvalue weighted by Crippen LogP contribution is 2.75. The number of nitrogens with one attached hydrogen (secondary N) is 3. The molecule has 1 unspecified atom stereocenters. The molecule has 7 rings (SSSR count). The zero-order valence-corrected chi connectivity index (χ0v) is 42.4. The van der Waals surface area contributed by atoms with E-state index in [1.165, 1.54) is 12.5 Å². The molecule has 0 spiro atoms. The highest BCUT2D eigenvalue weighted by Gasteiger charge is 2.70. The van der Waals surface area contributed by atoms with Crippen molar-refractivity contribution in [3.63, 3.8) is 0 Å². The summed E-state index contributed by atoms with van der Waals surface area (Å²) in [7, 11) is -3.55. The van der Waals surface area contributed by atoms with Gasteiger partial charge in [0.2, 0.25) is 11.8 Å². The number of rotatable bonds is 16. The molecular weight excluding hydrogens is 850 g/mol. The first-order valence-electron chi connectivity index (χ1n) is 24.9. The smallest absolute Gasteiger partial charge is 0.357 e. The maximum Gasteiger partial charge on any atom is 0.357 e. The predicted octanol–water partition coefficient (Wildman–Crippen LogP) is 11.1. The lowest BCUT2D eigenvalue weighted by atomic mass is 9.33. The molecule has 2 aromatic carbocycles. The minimum absolute atomic E-state index is 0.0305. The number of ether oxygens (including phenoxy) is 1. The molecule has 11 nitrogen and oxygen atoms in total. The number of amides is 2. The second-order valence-corrected chi connectivity index (χ2v) is 24.5. The Labute approximate surface area is 394 Å². The third kappa shape index (κ3) is 9.11. The lowest BCUT2D eigenvalue weighted by molar-refractivity contribution is -0.210. The summed E-state index contributed by atoms with van der Waals surface area (Å²) in [4.78, 5) is 54.1. The van der Waals surface area contributed by atoms with E-state index in [2.05, 4.69) is 70.5 Å². The van der Waals surface area contributed by atoms with Crippen LogP contribution in [0.25, 0.3) is 0 Å². The Morgan fingerprint density at radius 3 is 2.11 bits per heavy atom. The van der Waals surface area contributed by atoms with Crippen molar-refractivity contribution in [2.24, 2.45) is 50.2 Å². The summed E-state index contributed by atoms with van der Waals surface area (Å²) in [6.45, 7) is 22.7. The lowest BCUT2D eigenvalue weighted by Gasteiger charge is -2.70. The summed E-state index contributed by atoms with van der Waals surface area (Å²) in [5.74, 6) is -0.422. The van der Waals surface area contributed by atoms with Crippen molar-refractivity contribution in [3.8, 4) is 0 Å². The van der Waals surface area contributed by atoms with Crippen molar-refractivity contribution in [1.82, 2.24) is 10.6 Å². The number of hydrogen-bond donors (Lipinski definition) is 3. The van der Waals surface area contributed by atoms with Crippen LogP contribution in [0.1, 0.15) is 150 Å². The van der Waals surface area contributed by atoms with E-state index in [4.69, 9.17) is 13.8 Å². The molecule has 0 heterocycles. The third-order valence-corrected chi connectivity index (χ3v) is 20.3. The van der Waals surface area contributed by atoms with Gasteiger partial charge in [-0.2, -0.15) is 0 Å². The fourth-order valence-electron chi connectivity index (χ4n) is 14.2. The van der Waals surface area contributed by atoms with Crippen LogP contribution in [-0.2, 0) is 43.9 Å². The quantitative estimate of drug-likeness (QED) is 0.0849. The van der Waals surface area contributed by atoms with Gasteiger partial charge in [0.1, 0.15) is 6.10 Å². The minimum atomic E-state index is -3.55. The average Bonchev–Trinajstić information content (AvgIpc) is 3.26. The number of esters is 1. The van der Waals surface area contributed by atoms with Gasteiger partial charge in [0, 0.05) is 42.4 Å². The van der Waals surface area contributed by atoms with E-state index in [0.29, 0.717) is 19.5 Å². The van der Waals surface area contributed by atoms with Crippen LogP contribution in [0.3, 0.4) is 0 Å². The summed E-state index contributed by atoms with van der Waals surface area (Å²) in [5.41, 5.74) is 2.30. The van der Waals surface area contributed by atoms with Crippen molar-refractivity contribution >= 4 is 36.9 Å². The largest absolute Gasteiger partial charge is 0.462 e. The van der Waals surface area contributed by atoms with Gasteiger partial charge < -0.3 is 29.7 Å². The number of benzene rings is 2. The van der Waals surface area contributed by atoms with E-state index in [0.717, 1.165) is 74.6 Å². The lowest BCUT2D eigenvalue weighted by Crippen LogP contribution is -2.66. The van der Waals surface area contributed by atoms with E-state index in [1.807, 2.05) is 54.6 Å². The molecule has 10 atom stereocenters. The van der Waals surface area contributed by atoms with Crippen LogP contribution >= 0.6 is 7.60 Å². The van der Waals surface area contributed by atoms with Crippen molar-refractivity contribution in [1.29, 1.82) is 0 Å². The van der Waals surface area contributed by atoms with E-state index in [1.54, 1.807) is 13.8 Å². The number of carbonyl (C=O) groups excluding carboxylic acids is 4. The molecule has 5 aliphatic carbocycles. The van der Waals surface area contributed by atoms with Crippen LogP contribution in [0.2, 0.25) is 0 Å². The topological polar surface area (TPSA) is 149 Å². The average molecular weight is 928 g/mol. The summed E-state index contributed by atoms with van der Waals surface area (Å²) in [6, 6.07) is 17.0. The normalized spacial score (nSPS) is 34.0. The summed E-state index contributed by atoms with van der Waals surface area (Å²) in [6.07, 6.45) is 10.9. The SMILES string of the molecule is CCOP(=O)(OCC)C(Nc1ccc(CC(=O)NCCCNC(=O)[C@@]2(C)CC[C@]3(C)CC[C@]4(C)C(=CC(=O)[C@@H]5[C@@]6(C)CC[C@H](OC(C)=O)C(C)(C)[C@@H]6CC[C@]54C)[C@@H]3C2)cc1)c1ccccc1. The number of carbonyl (C=O) groups is 4. The van der Waals surface area contributed by atoms with Gasteiger partial charge in [0.25, 0.3) is 0 Å². The number of hydrogen-bond acceptors (Lipinski definition) is 9. The van der Waals surface area contributed by atoms with Crippen LogP contribution in [0.4, 0.5) is 5.69 Å². The van der Waals surface area contributed by atoms with Gasteiger partial charge in [0.05, 0.1) is 19.6 Å². The van der Waals surface area contributed by atoms with Gasteiger partial charge in [-0.05, 0) is 141 Å². The molecule has 3 N–H and O–H groups in total. The Kier molecular flexibility index (Phi) is 14.4. The van der Waals surface area contributed by atoms with Crippen molar-refractivity contribution < 1.29 is 37.5 Å². The standard InChI is InChI=1S/C54H78N3O8P/c1-11-63-66(62,64-12-2)47(38-17-14-13-15-18-38)57-39-21-19-37(20-22-39)33-45(60)55-31-16-32-56-48(61)51(7)28-27-50(6)29-30-53(9)40(41(50)35-51)34-42(59)46-52(8)25-24-44(65-36(3)58)49(4,5)43(52)23-26-54(46,53)10/h13-15,17-22,34,41,43-44,46-47,57H,11-12,16,23-33,35H2,1-10H3,(H,55,60)(H,56,61)/t41-,43-,44-,46+,47?,50+,51-,52-,53+,54+/m0/s1. The van der Waals surface area contributed by atoms with E-state index in [-0.39, 0.29) is 94.1 Å². The molecule has 362 valence electrons. The third-order valence-electron chi connectivity index (χ3n) is 18.0. The molecule has 12 heteroatoms. The van der Waals surface area contributed by atoms with Gasteiger partial charge >= 0.3 is 13.6 Å². The van der Waals surface area contributed by atoms with Gasteiger partial charge in [-0.3, -0.25) is 23.7 Å². The molecule has 0 aliphatic heterocycles. The molecule has 66 heavy (non-hydrogen) atoms. The molecule has 4 fully saturated rings. The highest BCUT2D eigenvalue weighted by atomic mass is 31.2. The second kappa shape index (κ2) is 19.0. The Hall–Kier alpha value is -3.79. The van der Waals surface area contributed by atoms with Crippen LogP contribution in [-0.4, -0.2) is 56.0 Å².